The molecule has 1 aromatic carbocycles. The van der Waals surface area contributed by atoms with Crippen LogP contribution in [0.3, 0.4) is 0 Å². The molecule has 2 heterocycles. The fourth-order valence-corrected chi connectivity index (χ4v) is 5.70. The van der Waals surface area contributed by atoms with E-state index in [2.05, 4.69) is 18.3 Å². The summed E-state index contributed by atoms with van der Waals surface area (Å²) in [7, 11) is 0. The summed E-state index contributed by atoms with van der Waals surface area (Å²) >= 11 is 1.57. The molecule has 1 saturated heterocycles. The Morgan fingerprint density at radius 1 is 1.27 bits per heavy atom. The maximum atomic E-state index is 12.6. The molecule has 156 valence electrons. The number of hydrogen-bond donors (Lipinski definition) is 2. The van der Waals surface area contributed by atoms with E-state index in [4.69, 9.17) is 0 Å². The van der Waals surface area contributed by atoms with Crippen LogP contribution < -0.4 is 10.2 Å². The Morgan fingerprint density at radius 2 is 2.00 bits per heavy atom. The molecule has 7 heteroatoms. The molecule has 0 unspecified atom stereocenters. The van der Waals surface area contributed by atoms with Gasteiger partial charge in [0.25, 0.3) is 11.8 Å². The standard InChI is InChI=1S/C23H26N4O2S/c1-16-7-8-18-19(14-24)22(30-20(18)13-16)25-21(28)15-26-9-11-27(12-10-26)23(29)17-5-3-2-4-6-17/h2-6,16H,7-13,15H2,1H3,(H,25,28)/p+1/t16-/m0/s1. The number of fused-ring (bicyclic) bond motifs is 1. The smallest absolute Gasteiger partial charge is 0.280 e. The number of amides is 2. The van der Waals surface area contributed by atoms with Gasteiger partial charge in [0.2, 0.25) is 0 Å². The molecule has 1 atom stereocenters. The molecule has 0 saturated carbocycles. The van der Waals surface area contributed by atoms with Crippen LogP contribution in [0, 0.1) is 17.2 Å². The Balaban J connectivity index is 1.32. The van der Waals surface area contributed by atoms with E-state index in [1.165, 1.54) is 4.88 Å². The number of hydrogen-bond acceptors (Lipinski definition) is 4. The van der Waals surface area contributed by atoms with Crippen LogP contribution in [0.25, 0.3) is 0 Å². The van der Waals surface area contributed by atoms with Crippen LogP contribution in [-0.4, -0.2) is 49.4 Å². The Morgan fingerprint density at radius 3 is 2.70 bits per heavy atom. The van der Waals surface area contributed by atoms with Crippen LogP contribution in [0.4, 0.5) is 5.00 Å². The lowest BCUT2D eigenvalue weighted by molar-refractivity contribution is -0.895. The zero-order chi connectivity index (χ0) is 21.1. The minimum Gasteiger partial charge on any atom is -0.327 e. The van der Waals surface area contributed by atoms with Crippen LogP contribution in [-0.2, 0) is 17.6 Å². The molecule has 2 amide bonds. The second-order valence-corrected chi connectivity index (χ2v) is 9.41. The highest BCUT2D eigenvalue weighted by atomic mass is 32.1. The second kappa shape index (κ2) is 8.99. The quantitative estimate of drug-likeness (QED) is 0.786. The Kier molecular flexibility index (Phi) is 6.16. The van der Waals surface area contributed by atoms with Gasteiger partial charge in [-0.25, -0.2) is 0 Å². The van der Waals surface area contributed by atoms with Crippen molar-refractivity contribution < 1.29 is 14.5 Å². The summed E-state index contributed by atoms with van der Waals surface area (Å²) in [5.41, 5.74) is 2.50. The van der Waals surface area contributed by atoms with Gasteiger partial charge in [-0.05, 0) is 42.9 Å². The normalized spacial score (nSPS) is 19.1. The number of carbonyl (C=O) groups excluding carboxylic acids is 2. The Hall–Kier alpha value is -2.69. The fraction of sp³-hybridized carbons (Fsp3) is 0.435. The van der Waals surface area contributed by atoms with Crippen molar-refractivity contribution in [2.24, 2.45) is 5.92 Å². The Labute approximate surface area is 181 Å². The SMILES string of the molecule is C[C@H]1CCc2c(sc(NC(=O)C[NH+]3CCN(C(=O)c4ccccc4)CC3)c2C#N)C1. The summed E-state index contributed by atoms with van der Waals surface area (Å²) in [5, 5.41) is 13.3. The zero-order valence-electron chi connectivity index (χ0n) is 17.2. The van der Waals surface area contributed by atoms with Crippen LogP contribution in [0.2, 0.25) is 0 Å². The average Bonchev–Trinajstić information content (AvgIpc) is 3.10. The molecule has 30 heavy (non-hydrogen) atoms. The molecule has 2 aromatic rings. The topological polar surface area (TPSA) is 77.6 Å². The van der Waals surface area contributed by atoms with Crippen LogP contribution in [0.1, 0.15) is 39.7 Å². The number of quaternary nitrogens is 1. The molecule has 0 radical (unpaired) electrons. The highest BCUT2D eigenvalue weighted by molar-refractivity contribution is 7.16. The first kappa shape index (κ1) is 20.6. The molecule has 0 bridgehead atoms. The van der Waals surface area contributed by atoms with E-state index in [1.54, 1.807) is 11.3 Å². The van der Waals surface area contributed by atoms with E-state index in [0.717, 1.165) is 42.8 Å². The molecule has 1 aliphatic carbocycles. The molecule has 1 aromatic heterocycles. The summed E-state index contributed by atoms with van der Waals surface area (Å²) in [5.74, 6) is 0.623. The number of nitrogens with one attached hydrogen (secondary N) is 2. The third kappa shape index (κ3) is 4.40. The van der Waals surface area contributed by atoms with Crippen LogP contribution in [0.15, 0.2) is 30.3 Å². The third-order valence-electron chi connectivity index (χ3n) is 6.07. The minimum atomic E-state index is -0.0593. The predicted octanol–water partition coefficient (Wildman–Crippen LogP) is 1.72. The van der Waals surface area contributed by atoms with Crippen LogP contribution >= 0.6 is 11.3 Å². The molecular formula is C23H27N4O2S+. The molecule has 1 aliphatic heterocycles. The first-order valence-corrected chi connectivity index (χ1v) is 11.4. The van der Waals surface area contributed by atoms with E-state index < -0.39 is 0 Å². The van der Waals surface area contributed by atoms with Crippen molar-refractivity contribution in [2.45, 2.75) is 26.2 Å². The lowest BCUT2D eigenvalue weighted by Crippen LogP contribution is -3.15. The number of anilines is 1. The predicted molar refractivity (Wildman–Crippen MR) is 117 cm³/mol. The number of nitriles is 1. The maximum Gasteiger partial charge on any atom is 0.280 e. The maximum absolute atomic E-state index is 12.6. The summed E-state index contributed by atoms with van der Waals surface area (Å²) < 4.78 is 0. The third-order valence-corrected chi connectivity index (χ3v) is 7.24. The van der Waals surface area contributed by atoms with E-state index >= 15 is 0 Å². The number of piperazine rings is 1. The Bertz CT molecular complexity index is 971. The second-order valence-electron chi connectivity index (χ2n) is 8.30. The molecule has 2 aliphatic rings. The molecule has 2 N–H and O–H groups in total. The van der Waals surface area contributed by atoms with Crippen molar-refractivity contribution in [3.8, 4) is 6.07 Å². The number of benzene rings is 1. The molecule has 1 fully saturated rings. The number of rotatable bonds is 4. The van der Waals surface area contributed by atoms with Gasteiger partial charge >= 0.3 is 0 Å². The first-order chi connectivity index (χ1) is 14.5. The van der Waals surface area contributed by atoms with Crippen molar-refractivity contribution in [3.63, 3.8) is 0 Å². The molecule has 4 rings (SSSR count). The van der Waals surface area contributed by atoms with Crippen LogP contribution in [0.5, 0.6) is 0 Å². The largest absolute Gasteiger partial charge is 0.327 e. The summed E-state index contributed by atoms with van der Waals surface area (Å²) in [6.07, 6.45) is 3.02. The van der Waals surface area contributed by atoms with Gasteiger partial charge in [-0.1, -0.05) is 25.1 Å². The minimum absolute atomic E-state index is 0.0520. The average molecular weight is 424 g/mol. The first-order valence-electron chi connectivity index (χ1n) is 10.6. The molecule has 6 nitrogen and oxygen atoms in total. The van der Waals surface area contributed by atoms with Crippen molar-refractivity contribution in [3.05, 3.63) is 51.9 Å². The van der Waals surface area contributed by atoms with Gasteiger partial charge in [0.05, 0.1) is 31.7 Å². The molecule has 0 spiro atoms. The van der Waals surface area contributed by atoms with Crippen molar-refractivity contribution >= 4 is 28.2 Å². The number of thiophene rings is 1. The summed E-state index contributed by atoms with van der Waals surface area (Å²) in [6, 6.07) is 11.6. The van der Waals surface area contributed by atoms with E-state index in [0.29, 0.717) is 41.7 Å². The summed E-state index contributed by atoms with van der Waals surface area (Å²) in [4.78, 5) is 29.5. The lowest BCUT2D eigenvalue weighted by atomic mass is 9.89. The van der Waals surface area contributed by atoms with Crippen molar-refractivity contribution in [2.75, 3.05) is 38.0 Å². The highest BCUT2D eigenvalue weighted by Crippen LogP contribution is 2.39. The zero-order valence-corrected chi connectivity index (χ0v) is 18.1. The number of nitrogens with zero attached hydrogens (tertiary/aromatic N) is 2. The highest BCUT2D eigenvalue weighted by Gasteiger charge is 2.28. The fourth-order valence-electron chi connectivity index (χ4n) is 4.32. The van der Waals surface area contributed by atoms with E-state index in [-0.39, 0.29) is 11.8 Å². The van der Waals surface area contributed by atoms with Gasteiger partial charge < -0.3 is 15.1 Å². The van der Waals surface area contributed by atoms with Gasteiger partial charge in [0, 0.05) is 10.4 Å². The van der Waals surface area contributed by atoms with Gasteiger partial charge in [0.1, 0.15) is 11.1 Å². The van der Waals surface area contributed by atoms with Crippen molar-refractivity contribution in [1.29, 1.82) is 5.26 Å². The van der Waals surface area contributed by atoms with Gasteiger partial charge in [-0.3, -0.25) is 9.59 Å². The number of carbonyl (C=O) groups is 2. The lowest BCUT2D eigenvalue weighted by Gasteiger charge is -2.31. The van der Waals surface area contributed by atoms with Gasteiger partial charge in [0.15, 0.2) is 6.54 Å². The van der Waals surface area contributed by atoms with Gasteiger partial charge in [-0.15, -0.1) is 11.3 Å². The summed E-state index contributed by atoms with van der Waals surface area (Å²) in [6.45, 7) is 5.37. The van der Waals surface area contributed by atoms with Gasteiger partial charge in [-0.2, -0.15) is 5.26 Å². The van der Waals surface area contributed by atoms with E-state index in [1.807, 2.05) is 35.2 Å². The molecular weight excluding hydrogens is 396 g/mol. The van der Waals surface area contributed by atoms with E-state index in [9.17, 15) is 14.9 Å². The van der Waals surface area contributed by atoms with Crippen molar-refractivity contribution in [1.82, 2.24) is 4.90 Å². The monoisotopic (exact) mass is 423 g/mol.